The zero-order valence-electron chi connectivity index (χ0n) is 11.3. The minimum atomic E-state index is -0.168. The second-order valence-electron chi connectivity index (χ2n) is 5.37. The van der Waals surface area contributed by atoms with Crippen molar-refractivity contribution in [2.24, 2.45) is 0 Å². The molecule has 1 fully saturated rings. The van der Waals surface area contributed by atoms with Crippen LogP contribution in [0.25, 0.3) is 0 Å². The molecule has 2 rings (SSSR count). The van der Waals surface area contributed by atoms with Gasteiger partial charge >= 0.3 is 0 Å². The number of nitrogens with zero attached hydrogens (tertiary/aromatic N) is 3. The second-order valence-corrected chi connectivity index (χ2v) is 5.37. The Balaban J connectivity index is 1.87. The van der Waals surface area contributed by atoms with Gasteiger partial charge in [0.05, 0.1) is 6.10 Å². The largest absolute Gasteiger partial charge is 0.392 e. The van der Waals surface area contributed by atoms with Gasteiger partial charge in [-0.2, -0.15) is 0 Å². The molecule has 1 aliphatic rings. The van der Waals surface area contributed by atoms with Gasteiger partial charge in [0.15, 0.2) is 0 Å². The van der Waals surface area contributed by atoms with Crippen molar-refractivity contribution in [3.05, 3.63) is 30.1 Å². The van der Waals surface area contributed by atoms with Crippen LogP contribution in [0, 0.1) is 0 Å². The Bertz CT molecular complexity index is 355. The molecular formula is C14H23N3O. The van der Waals surface area contributed by atoms with Crippen molar-refractivity contribution >= 4 is 0 Å². The standard InChI is InChI=1S/C14H23N3O/c1-16(2)10-13-9-14(18)11-17(13)8-6-12-5-3-4-7-15-12/h3-5,7,13-14,18H,6,8-11H2,1-2H3. The van der Waals surface area contributed by atoms with Crippen LogP contribution < -0.4 is 0 Å². The Labute approximate surface area is 109 Å². The number of aliphatic hydroxyl groups is 1. The Hall–Kier alpha value is -0.970. The first-order chi connectivity index (χ1) is 8.65. The molecule has 0 bridgehead atoms. The molecule has 4 heteroatoms. The molecule has 4 nitrogen and oxygen atoms in total. The molecule has 0 radical (unpaired) electrons. The minimum Gasteiger partial charge on any atom is -0.392 e. The number of aromatic nitrogens is 1. The molecule has 2 atom stereocenters. The highest BCUT2D eigenvalue weighted by atomic mass is 16.3. The van der Waals surface area contributed by atoms with Crippen molar-refractivity contribution in [3.63, 3.8) is 0 Å². The maximum atomic E-state index is 9.80. The summed E-state index contributed by atoms with van der Waals surface area (Å²) in [4.78, 5) is 8.92. The summed E-state index contributed by atoms with van der Waals surface area (Å²) in [7, 11) is 4.17. The van der Waals surface area contributed by atoms with E-state index in [1.54, 1.807) is 0 Å². The fourth-order valence-corrected chi connectivity index (χ4v) is 2.65. The van der Waals surface area contributed by atoms with Gasteiger partial charge in [-0.25, -0.2) is 0 Å². The molecule has 0 amide bonds. The summed E-state index contributed by atoms with van der Waals surface area (Å²) in [5.74, 6) is 0. The molecule has 0 aromatic carbocycles. The molecule has 1 aromatic rings. The van der Waals surface area contributed by atoms with E-state index in [0.717, 1.165) is 38.2 Å². The monoisotopic (exact) mass is 249 g/mol. The number of β-amino-alcohol motifs (C(OH)–C–C–N with tert-alkyl or cyclic N) is 1. The lowest BCUT2D eigenvalue weighted by Crippen LogP contribution is -2.38. The van der Waals surface area contributed by atoms with Crippen LogP contribution >= 0.6 is 0 Å². The quantitative estimate of drug-likeness (QED) is 0.830. The third-order valence-corrected chi connectivity index (χ3v) is 3.46. The summed E-state index contributed by atoms with van der Waals surface area (Å²) in [6, 6.07) is 6.50. The topological polar surface area (TPSA) is 39.6 Å². The van der Waals surface area contributed by atoms with Crippen LogP contribution in [0.15, 0.2) is 24.4 Å². The zero-order valence-corrected chi connectivity index (χ0v) is 11.3. The Kier molecular flexibility index (Phi) is 4.69. The molecule has 100 valence electrons. The normalized spacial score (nSPS) is 24.9. The second kappa shape index (κ2) is 6.27. The Morgan fingerprint density at radius 2 is 2.28 bits per heavy atom. The van der Waals surface area contributed by atoms with Crippen molar-refractivity contribution < 1.29 is 5.11 Å². The van der Waals surface area contributed by atoms with E-state index in [4.69, 9.17) is 0 Å². The lowest BCUT2D eigenvalue weighted by atomic mass is 10.2. The summed E-state index contributed by atoms with van der Waals surface area (Å²) in [6.07, 6.45) is 3.52. The predicted molar refractivity (Wildman–Crippen MR) is 72.5 cm³/mol. The van der Waals surface area contributed by atoms with Crippen LogP contribution in [0.1, 0.15) is 12.1 Å². The number of hydrogen-bond acceptors (Lipinski definition) is 4. The first kappa shape index (κ1) is 13.5. The van der Waals surface area contributed by atoms with Gasteiger partial charge < -0.3 is 10.0 Å². The molecule has 0 spiro atoms. The van der Waals surface area contributed by atoms with Crippen molar-refractivity contribution in [1.82, 2.24) is 14.8 Å². The number of hydrogen-bond donors (Lipinski definition) is 1. The third kappa shape index (κ3) is 3.77. The van der Waals surface area contributed by atoms with Gasteiger partial charge in [0.25, 0.3) is 0 Å². The van der Waals surface area contributed by atoms with Gasteiger partial charge in [-0.15, -0.1) is 0 Å². The number of likely N-dealkylation sites (N-methyl/N-ethyl adjacent to an activating group) is 1. The first-order valence-electron chi connectivity index (χ1n) is 6.62. The lowest BCUT2D eigenvalue weighted by Gasteiger charge is -2.26. The Morgan fingerprint density at radius 3 is 2.94 bits per heavy atom. The summed E-state index contributed by atoms with van der Waals surface area (Å²) in [5.41, 5.74) is 1.13. The Morgan fingerprint density at radius 1 is 1.44 bits per heavy atom. The van der Waals surface area contributed by atoms with E-state index in [1.165, 1.54) is 0 Å². The lowest BCUT2D eigenvalue weighted by molar-refractivity contribution is 0.173. The summed E-state index contributed by atoms with van der Waals surface area (Å²) >= 11 is 0. The van der Waals surface area contributed by atoms with Crippen LogP contribution in [-0.4, -0.2) is 65.8 Å². The third-order valence-electron chi connectivity index (χ3n) is 3.46. The fraction of sp³-hybridized carbons (Fsp3) is 0.643. The van der Waals surface area contributed by atoms with Crippen molar-refractivity contribution in [1.29, 1.82) is 0 Å². The molecule has 1 aliphatic heterocycles. The summed E-state index contributed by atoms with van der Waals surface area (Å²) < 4.78 is 0. The van der Waals surface area contributed by atoms with Crippen LogP contribution in [0.5, 0.6) is 0 Å². The molecule has 1 saturated heterocycles. The molecule has 1 N–H and O–H groups in total. The average Bonchev–Trinajstić information content (AvgIpc) is 2.67. The molecular weight excluding hydrogens is 226 g/mol. The smallest absolute Gasteiger partial charge is 0.0682 e. The highest BCUT2D eigenvalue weighted by Gasteiger charge is 2.30. The van der Waals surface area contributed by atoms with E-state index in [2.05, 4.69) is 34.9 Å². The van der Waals surface area contributed by atoms with Crippen molar-refractivity contribution in [2.45, 2.75) is 25.0 Å². The van der Waals surface area contributed by atoms with E-state index < -0.39 is 0 Å². The number of rotatable bonds is 5. The predicted octanol–water partition coefficient (Wildman–Crippen LogP) is 0.621. The van der Waals surface area contributed by atoms with Crippen LogP contribution in [0.3, 0.4) is 0 Å². The van der Waals surface area contributed by atoms with E-state index in [9.17, 15) is 5.11 Å². The maximum absolute atomic E-state index is 9.80. The van der Waals surface area contributed by atoms with E-state index in [1.807, 2.05) is 18.3 Å². The highest BCUT2D eigenvalue weighted by molar-refractivity contribution is 5.04. The molecule has 2 heterocycles. The molecule has 0 aliphatic carbocycles. The molecule has 18 heavy (non-hydrogen) atoms. The first-order valence-corrected chi connectivity index (χ1v) is 6.62. The van der Waals surface area contributed by atoms with Crippen LogP contribution in [0.2, 0.25) is 0 Å². The number of aliphatic hydroxyl groups excluding tert-OH is 1. The average molecular weight is 249 g/mol. The van der Waals surface area contributed by atoms with Gasteiger partial charge in [0.2, 0.25) is 0 Å². The summed E-state index contributed by atoms with van der Waals surface area (Å²) in [6.45, 7) is 2.79. The van der Waals surface area contributed by atoms with Gasteiger partial charge in [0.1, 0.15) is 0 Å². The number of pyridine rings is 1. The number of likely N-dealkylation sites (tertiary alicyclic amines) is 1. The van der Waals surface area contributed by atoms with E-state index >= 15 is 0 Å². The molecule has 2 unspecified atom stereocenters. The van der Waals surface area contributed by atoms with Crippen molar-refractivity contribution in [3.8, 4) is 0 Å². The van der Waals surface area contributed by atoms with Crippen molar-refractivity contribution in [2.75, 3.05) is 33.7 Å². The highest BCUT2D eigenvalue weighted by Crippen LogP contribution is 2.18. The van der Waals surface area contributed by atoms with E-state index in [0.29, 0.717) is 6.04 Å². The van der Waals surface area contributed by atoms with Crippen LogP contribution in [0.4, 0.5) is 0 Å². The molecule has 1 aromatic heterocycles. The fourth-order valence-electron chi connectivity index (χ4n) is 2.65. The van der Waals surface area contributed by atoms with Crippen LogP contribution in [-0.2, 0) is 6.42 Å². The van der Waals surface area contributed by atoms with Gasteiger partial charge in [-0.3, -0.25) is 9.88 Å². The van der Waals surface area contributed by atoms with Gasteiger partial charge in [-0.1, -0.05) is 6.07 Å². The summed E-state index contributed by atoms with van der Waals surface area (Å²) in [5, 5.41) is 9.80. The minimum absolute atomic E-state index is 0.168. The zero-order chi connectivity index (χ0) is 13.0. The van der Waals surface area contributed by atoms with Gasteiger partial charge in [-0.05, 0) is 32.6 Å². The van der Waals surface area contributed by atoms with E-state index in [-0.39, 0.29) is 6.10 Å². The molecule has 0 saturated carbocycles. The van der Waals surface area contributed by atoms with Gasteiger partial charge in [0, 0.05) is 44.0 Å². The SMILES string of the molecule is CN(C)CC1CC(O)CN1CCc1ccccn1. The maximum Gasteiger partial charge on any atom is 0.0682 e.